The summed E-state index contributed by atoms with van der Waals surface area (Å²) in [5, 5.41) is 62.7. The normalized spacial score (nSPS) is 38.6. The van der Waals surface area contributed by atoms with Gasteiger partial charge in [0.25, 0.3) is 0 Å². The van der Waals surface area contributed by atoms with Gasteiger partial charge >= 0.3 is 0 Å². The molecule has 0 aromatic heterocycles. The molecule has 4 bridgehead atoms. The predicted octanol–water partition coefficient (Wildman–Crippen LogP) is -1.37. The van der Waals surface area contributed by atoms with E-state index in [1.165, 1.54) is 0 Å². The molecule has 33 heavy (non-hydrogen) atoms. The highest BCUT2D eigenvalue weighted by Gasteiger charge is 2.67. The van der Waals surface area contributed by atoms with Crippen LogP contribution in [0.15, 0.2) is 60.7 Å². The van der Waals surface area contributed by atoms with Crippen LogP contribution in [0, 0.1) is 0 Å². The van der Waals surface area contributed by atoms with Crippen molar-refractivity contribution in [2.24, 2.45) is 0 Å². The zero-order valence-corrected chi connectivity index (χ0v) is 18.4. The summed E-state index contributed by atoms with van der Waals surface area (Å²) < 4.78 is 0. The van der Waals surface area contributed by atoms with Crippen molar-refractivity contribution in [2.45, 2.75) is 47.5 Å². The van der Waals surface area contributed by atoms with Crippen molar-refractivity contribution in [3.05, 3.63) is 71.8 Å². The molecule has 0 spiro atoms. The molecule has 0 unspecified atom stereocenters. The van der Waals surface area contributed by atoms with Crippen molar-refractivity contribution in [3.63, 3.8) is 0 Å². The molecule has 0 aliphatic carbocycles. The van der Waals surface area contributed by atoms with Crippen molar-refractivity contribution in [1.29, 1.82) is 0 Å². The SMILES string of the molecule is OC[C@H](O)[C@H](O)[C@H](O)[C@H](O)C1N2CC3(c4ccccc4)CN1CC(c1ccccc1)(C2)C3O. The van der Waals surface area contributed by atoms with Gasteiger partial charge in [0.15, 0.2) is 0 Å². The third kappa shape index (κ3) is 3.37. The number of benzene rings is 2. The van der Waals surface area contributed by atoms with Crippen LogP contribution >= 0.6 is 0 Å². The van der Waals surface area contributed by atoms with Gasteiger partial charge in [-0.25, -0.2) is 0 Å². The molecule has 8 nitrogen and oxygen atoms in total. The Morgan fingerprint density at radius 1 is 0.727 bits per heavy atom. The predicted molar refractivity (Wildman–Crippen MR) is 120 cm³/mol. The molecule has 0 radical (unpaired) electrons. The third-order valence-electron chi connectivity index (χ3n) is 8.02. The minimum Gasteiger partial charge on any atom is -0.394 e. The number of piperidine rings is 2. The maximum absolute atomic E-state index is 11.9. The number of aliphatic hydroxyl groups excluding tert-OH is 6. The van der Waals surface area contributed by atoms with Crippen molar-refractivity contribution >= 4 is 0 Å². The maximum Gasteiger partial charge on any atom is 0.111 e. The fourth-order valence-corrected chi connectivity index (χ4v) is 6.51. The first-order chi connectivity index (χ1) is 15.8. The molecule has 6 rings (SSSR count). The fourth-order valence-electron chi connectivity index (χ4n) is 6.51. The van der Waals surface area contributed by atoms with E-state index in [1.807, 2.05) is 60.7 Å². The number of rotatable bonds is 7. The van der Waals surface area contributed by atoms with Gasteiger partial charge in [0, 0.05) is 37.0 Å². The molecule has 2 aromatic rings. The Labute approximate surface area is 193 Å². The van der Waals surface area contributed by atoms with E-state index in [0.717, 1.165) is 11.1 Å². The summed E-state index contributed by atoms with van der Waals surface area (Å²) in [6.45, 7) is 1.21. The zero-order valence-electron chi connectivity index (χ0n) is 18.4. The molecule has 4 fully saturated rings. The van der Waals surface area contributed by atoms with E-state index in [9.17, 15) is 25.5 Å². The molecule has 178 valence electrons. The van der Waals surface area contributed by atoms with Gasteiger partial charge in [-0.3, -0.25) is 9.80 Å². The molecular formula is C25H32N2O6. The van der Waals surface area contributed by atoms with Gasteiger partial charge in [0.05, 0.1) is 18.9 Å². The Morgan fingerprint density at radius 2 is 1.15 bits per heavy atom. The monoisotopic (exact) mass is 456 g/mol. The second-order valence-corrected chi connectivity index (χ2v) is 9.89. The van der Waals surface area contributed by atoms with Crippen LogP contribution in [-0.2, 0) is 10.8 Å². The van der Waals surface area contributed by atoms with Crippen LogP contribution in [0.1, 0.15) is 11.1 Å². The molecule has 4 heterocycles. The quantitative estimate of drug-likeness (QED) is 0.301. The van der Waals surface area contributed by atoms with E-state index < -0.39 is 54.1 Å². The largest absolute Gasteiger partial charge is 0.394 e. The highest BCUT2D eigenvalue weighted by Crippen LogP contribution is 2.54. The molecule has 8 heteroatoms. The van der Waals surface area contributed by atoms with Gasteiger partial charge in [-0.2, -0.15) is 0 Å². The molecule has 4 atom stereocenters. The highest BCUT2D eigenvalue weighted by molar-refractivity contribution is 5.42. The lowest BCUT2D eigenvalue weighted by atomic mass is 9.54. The minimum atomic E-state index is -1.68. The Hall–Kier alpha value is -1.88. The Bertz CT molecular complexity index is 884. The van der Waals surface area contributed by atoms with Gasteiger partial charge in [-0.05, 0) is 11.1 Å². The van der Waals surface area contributed by atoms with Gasteiger partial charge in [0.2, 0.25) is 0 Å². The van der Waals surface area contributed by atoms with Gasteiger partial charge in [-0.15, -0.1) is 0 Å². The Kier molecular flexibility index (Phi) is 5.83. The molecular weight excluding hydrogens is 424 g/mol. The second kappa shape index (κ2) is 8.41. The summed E-state index contributed by atoms with van der Waals surface area (Å²) in [7, 11) is 0. The van der Waals surface area contributed by atoms with Crippen LogP contribution in [-0.4, -0.2) is 110 Å². The standard InChI is InChI=1S/C25H32N2O6/c28-11-18(29)19(30)20(31)21(32)22-26-12-24(16-7-3-1-4-8-16)13-27(22)15-25(14-26,23(24)33)17-9-5-2-6-10-17/h1-10,18-23,28-33H,11-15H2/t18-,19-,20-,21-,22?,23?,24?,25?/m0/s1. The first-order valence-corrected chi connectivity index (χ1v) is 11.4. The summed E-state index contributed by atoms with van der Waals surface area (Å²) >= 11 is 0. The molecule has 2 aromatic carbocycles. The van der Waals surface area contributed by atoms with Crippen LogP contribution in [0.3, 0.4) is 0 Å². The molecule has 0 amide bonds. The van der Waals surface area contributed by atoms with Crippen LogP contribution in [0.2, 0.25) is 0 Å². The maximum atomic E-state index is 11.9. The highest BCUT2D eigenvalue weighted by atomic mass is 16.4. The number of hydrogen-bond acceptors (Lipinski definition) is 8. The molecule has 4 saturated heterocycles. The van der Waals surface area contributed by atoms with Crippen molar-refractivity contribution < 1.29 is 30.6 Å². The molecule has 4 aliphatic heterocycles. The van der Waals surface area contributed by atoms with E-state index in [4.69, 9.17) is 5.11 Å². The second-order valence-electron chi connectivity index (χ2n) is 9.89. The van der Waals surface area contributed by atoms with Crippen molar-refractivity contribution in [2.75, 3.05) is 32.8 Å². The van der Waals surface area contributed by atoms with Gasteiger partial charge in [0.1, 0.15) is 24.4 Å². The average molecular weight is 457 g/mol. The van der Waals surface area contributed by atoms with Gasteiger partial charge < -0.3 is 30.6 Å². The van der Waals surface area contributed by atoms with Gasteiger partial charge in [-0.1, -0.05) is 60.7 Å². The lowest BCUT2D eigenvalue weighted by molar-refractivity contribution is -0.244. The minimum absolute atomic E-state index is 0.482. The number of hydrogen-bond donors (Lipinski definition) is 6. The topological polar surface area (TPSA) is 128 Å². The van der Waals surface area contributed by atoms with Crippen LogP contribution in [0.25, 0.3) is 0 Å². The molecule has 6 N–H and O–H groups in total. The van der Waals surface area contributed by atoms with Crippen molar-refractivity contribution in [3.8, 4) is 0 Å². The third-order valence-corrected chi connectivity index (χ3v) is 8.02. The van der Waals surface area contributed by atoms with E-state index in [1.54, 1.807) is 0 Å². The average Bonchev–Trinajstić information content (AvgIpc) is 2.85. The molecule has 4 aliphatic rings. The summed E-state index contributed by atoms with van der Waals surface area (Å²) in [5.74, 6) is 0. The first kappa shape index (κ1) is 22.9. The van der Waals surface area contributed by atoms with Crippen LogP contribution in [0.5, 0.6) is 0 Å². The Morgan fingerprint density at radius 3 is 1.55 bits per heavy atom. The van der Waals surface area contributed by atoms with E-state index in [2.05, 4.69) is 9.80 Å². The number of nitrogens with zero attached hydrogens (tertiary/aromatic N) is 2. The lowest BCUT2D eigenvalue weighted by Gasteiger charge is -2.70. The van der Waals surface area contributed by atoms with Crippen LogP contribution < -0.4 is 0 Å². The lowest BCUT2D eigenvalue weighted by Crippen LogP contribution is -2.85. The zero-order chi connectivity index (χ0) is 23.4. The smallest absolute Gasteiger partial charge is 0.111 e. The van der Waals surface area contributed by atoms with Crippen LogP contribution in [0.4, 0.5) is 0 Å². The fraction of sp³-hybridized carbons (Fsp3) is 0.520. The summed E-state index contributed by atoms with van der Waals surface area (Å²) in [6.07, 6.45) is -7.49. The molecule has 0 saturated carbocycles. The van der Waals surface area contributed by atoms with E-state index in [0.29, 0.717) is 26.2 Å². The van der Waals surface area contributed by atoms with E-state index >= 15 is 0 Å². The van der Waals surface area contributed by atoms with E-state index in [-0.39, 0.29) is 0 Å². The number of aliphatic hydroxyl groups is 6. The van der Waals surface area contributed by atoms with Crippen molar-refractivity contribution in [1.82, 2.24) is 9.80 Å². The summed E-state index contributed by atoms with van der Waals surface area (Å²) in [5.41, 5.74) is 0.878. The summed E-state index contributed by atoms with van der Waals surface area (Å²) in [4.78, 5) is 4.15. The first-order valence-electron chi connectivity index (χ1n) is 11.4. The Balaban J connectivity index is 1.55. The summed E-state index contributed by atoms with van der Waals surface area (Å²) in [6, 6.07) is 19.8.